The summed E-state index contributed by atoms with van der Waals surface area (Å²) >= 11 is 0. The molecule has 0 spiro atoms. The molecule has 0 aromatic heterocycles. The van der Waals surface area contributed by atoms with Gasteiger partial charge in [-0.3, -0.25) is 0 Å². The first kappa shape index (κ1) is 33.8. The second-order valence-electron chi connectivity index (χ2n) is 10.3. The predicted molar refractivity (Wildman–Crippen MR) is 132 cm³/mol. The molecule has 17 heteroatoms. The van der Waals surface area contributed by atoms with Crippen LogP contribution in [0.3, 0.4) is 0 Å². The molecule has 0 aromatic carbocycles. The fourth-order valence-electron chi connectivity index (χ4n) is 5.41. The molecule has 0 amide bonds. The number of hydrogen-bond donors (Lipinski definition) is 11. The molecule has 0 aliphatic carbocycles. The van der Waals surface area contributed by atoms with E-state index >= 15 is 0 Å². The summed E-state index contributed by atoms with van der Waals surface area (Å²) in [5, 5.41) is 82.9. The maximum absolute atomic E-state index is 11.1. The van der Waals surface area contributed by atoms with Crippen LogP contribution in [-0.2, 0) is 28.4 Å². The minimum absolute atomic E-state index is 0.212. The van der Waals surface area contributed by atoms with Crippen LogP contribution in [0.15, 0.2) is 0 Å². The van der Waals surface area contributed by atoms with Crippen molar-refractivity contribution in [1.82, 2.24) is 0 Å². The molecule has 0 radical (unpaired) electrons. The van der Waals surface area contributed by atoms with Crippen LogP contribution in [0.1, 0.15) is 20.3 Å². The molecule has 3 unspecified atom stereocenters. The summed E-state index contributed by atoms with van der Waals surface area (Å²) in [4.78, 5) is 0. The molecule has 3 aliphatic heterocycles. The number of rotatable bonds is 11. The topological polar surface area (TPSA) is 295 Å². The van der Waals surface area contributed by atoms with Gasteiger partial charge in [0.25, 0.3) is 0 Å². The zero-order valence-corrected chi connectivity index (χ0v) is 22.5. The highest BCUT2D eigenvalue weighted by atomic mass is 16.7. The summed E-state index contributed by atoms with van der Waals surface area (Å²) < 4.78 is 34.1. The van der Waals surface area contributed by atoms with Crippen molar-refractivity contribution in [2.45, 2.75) is 118 Å². The van der Waals surface area contributed by atoms with Crippen molar-refractivity contribution in [1.29, 1.82) is 0 Å². The highest BCUT2D eigenvalue weighted by Gasteiger charge is 2.59. The highest BCUT2D eigenvalue weighted by molar-refractivity contribution is 5.06. The second kappa shape index (κ2) is 14.2. The lowest BCUT2D eigenvalue weighted by Crippen LogP contribution is -2.74. The lowest BCUT2D eigenvalue weighted by atomic mass is 9.81. The lowest BCUT2D eigenvalue weighted by molar-refractivity contribution is -0.371. The first-order chi connectivity index (χ1) is 18.9. The Bertz CT molecular complexity index is 781. The van der Waals surface area contributed by atoms with E-state index in [1.165, 1.54) is 0 Å². The molecule has 236 valence electrons. The number of aliphatic hydroxyl groups is 8. The van der Waals surface area contributed by atoms with E-state index in [2.05, 4.69) is 0 Å². The zero-order valence-electron chi connectivity index (χ0n) is 22.5. The first-order valence-corrected chi connectivity index (χ1v) is 13.3. The van der Waals surface area contributed by atoms with Crippen LogP contribution in [0, 0.1) is 0 Å². The summed E-state index contributed by atoms with van der Waals surface area (Å²) in [6.45, 7) is 1.49. The molecule has 0 saturated carbocycles. The fraction of sp³-hybridized carbons (Fsp3) is 1.00. The van der Waals surface area contributed by atoms with Crippen molar-refractivity contribution < 1.29 is 69.3 Å². The summed E-state index contributed by atoms with van der Waals surface area (Å²) in [5.74, 6) is 0. The monoisotopic (exact) mass is 587 g/mol. The van der Waals surface area contributed by atoms with Gasteiger partial charge in [-0.1, -0.05) is 6.92 Å². The smallest absolute Gasteiger partial charge is 0.176 e. The summed E-state index contributed by atoms with van der Waals surface area (Å²) in [6.07, 6.45) is -16.9. The van der Waals surface area contributed by atoms with Gasteiger partial charge in [0.05, 0.1) is 44.1 Å². The van der Waals surface area contributed by atoms with Crippen LogP contribution in [0.4, 0.5) is 0 Å². The lowest BCUT2D eigenvalue weighted by Gasteiger charge is -2.53. The van der Waals surface area contributed by atoms with Crippen molar-refractivity contribution in [2.24, 2.45) is 17.2 Å². The number of nitrogens with two attached hydrogens (primary N) is 3. The van der Waals surface area contributed by atoms with Crippen LogP contribution < -0.4 is 17.2 Å². The SMILES string of the molecule is CCOC(CC)[C@]1(CO)O[C@H](OC2[C@@H](CO)O[C@@H](OC3[C@@H](CO)O[C@@H](O)[C@H](N)[C@H]3O)[C@H](N)[C@H]2O)[C@H](N)[C@@H](O)[C@@H]1O. The summed E-state index contributed by atoms with van der Waals surface area (Å²) in [6, 6.07) is -4.02. The van der Waals surface area contributed by atoms with Gasteiger partial charge in [0.1, 0.15) is 54.4 Å². The molecule has 17 nitrogen and oxygen atoms in total. The molecule has 0 aromatic rings. The van der Waals surface area contributed by atoms with Gasteiger partial charge in [-0.25, -0.2) is 0 Å². The predicted octanol–water partition coefficient (Wildman–Crippen LogP) is -6.49. The van der Waals surface area contributed by atoms with E-state index in [0.717, 1.165) is 0 Å². The average molecular weight is 588 g/mol. The van der Waals surface area contributed by atoms with Gasteiger partial charge >= 0.3 is 0 Å². The summed E-state index contributed by atoms with van der Waals surface area (Å²) in [7, 11) is 0. The van der Waals surface area contributed by atoms with E-state index in [1.807, 2.05) is 0 Å². The Kier molecular flexibility index (Phi) is 12.0. The van der Waals surface area contributed by atoms with Gasteiger partial charge in [0.15, 0.2) is 18.9 Å². The Morgan fingerprint density at radius 3 is 1.80 bits per heavy atom. The van der Waals surface area contributed by atoms with Crippen molar-refractivity contribution >= 4 is 0 Å². The van der Waals surface area contributed by atoms with E-state index in [1.54, 1.807) is 13.8 Å². The third-order valence-electron chi connectivity index (χ3n) is 7.80. The average Bonchev–Trinajstić information content (AvgIpc) is 2.95. The zero-order chi connectivity index (χ0) is 29.9. The highest BCUT2D eigenvalue weighted by Crippen LogP contribution is 2.37. The fourth-order valence-corrected chi connectivity index (χ4v) is 5.41. The molecule has 3 heterocycles. The quantitative estimate of drug-likeness (QED) is 0.107. The van der Waals surface area contributed by atoms with Crippen LogP contribution in [0.2, 0.25) is 0 Å². The Morgan fingerprint density at radius 1 is 0.750 bits per heavy atom. The largest absolute Gasteiger partial charge is 0.394 e. The Balaban J connectivity index is 1.80. The molecule has 3 rings (SSSR count). The van der Waals surface area contributed by atoms with Gasteiger partial charge in [0.2, 0.25) is 0 Å². The van der Waals surface area contributed by atoms with Crippen molar-refractivity contribution in [3.8, 4) is 0 Å². The Hall–Kier alpha value is -0.680. The normalized spacial score (nSPS) is 49.1. The van der Waals surface area contributed by atoms with E-state index < -0.39 is 117 Å². The van der Waals surface area contributed by atoms with Gasteiger partial charge < -0.3 is 86.5 Å². The van der Waals surface area contributed by atoms with Crippen LogP contribution in [-0.4, -0.2) is 165 Å². The van der Waals surface area contributed by atoms with E-state index in [0.29, 0.717) is 0 Å². The van der Waals surface area contributed by atoms with E-state index in [-0.39, 0.29) is 13.0 Å². The van der Waals surface area contributed by atoms with Crippen molar-refractivity contribution in [2.75, 3.05) is 26.4 Å². The Labute approximate surface area is 231 Å². The van der Waals surface area contributed by atoms with Gasteiger partial charge in [-0.05, 0) is 13.3 Å². The standard InChI is InChI=1S/C23H45N3O14/c1-3-10(35-4-2)23(7-29)19(33)16(32)13(26)22(40-23)39-18-9(6-28)37-21(12(25)15(18)31)38-17-8(5-27)36-20(34)11(24)14(17)30/h8-22,27-34H,3-7,24-26H2,1-2H3/t8-,9-,10?,11-,12-,13-,14-,15-,16-,17?,18?,19+,20-,21+,22+,23+/m1/s1. The van der Waals surface area contributed by atoms with Crippen LogP contribution in [0.5, 0.6) is 0 Å². The minimum Gasteiger partial charge on any atom is -0.394 e. The van der Waals surface area contributed by atoms with Crippen LogP contribution in [0.25, 0.3) is 0 Å². The van der Waals surface area contributed by atoms with Crippen LogP contribution >= 0.6 is 0 Å². The molecule has 0 bridgehead atoms. The van der Waals surface area contributed by atoms with E-state index in [9.17, 15) is 40.9 Å². The van der Waals surface area contributed by atoms with Gasteiger partial charge in [-0.15, -0.1) is 0 Å². The maximum Gasteiger partial charge on any atom is 0.176 e. The molecule has 14 N–H and O–H groups in total. The minimum atomic E-state index is -1.84. The summed E-state index contributed by atoms with van der Waals surface area (Å²) in [5.41, 5.74) is 16.2. The van der Waals surface area contributed by atoms with Gasteiger partial charge in [0, 0.05) is 6.61 Å². The van der Waals surface area contributed by atoms with Gasteiger partial charge in [-0.2, -0.15) is 0 Å². The molecule has 3 fully saturated rings. The van der Waals surface area contributed by atoms with Crippen molar-refractivity contribution in [3.63, 3.8) is 0 Å². The third-order valence-corrected chi connectivity index (χ3v) is 7.80. The number of hydrogen-bond acceptors (Lipinski definition) is 17. The van der Waals surface area contributed by atoms with E-state index in [4.69, 9.17) is 45.6 Å². The molecular weight excluding hydrogens is 542 g/mol. The number of ether oxygens (including phenoxy) is 6. The molecular formula is C23H45N3O14. The third kappa shape index (κ3) is 6.31. The second-order valence-corrected chi connectivity index (χ2v) is 10.3. The van der Waals surface area contributed by atoms with Crippen molar-refractivity contribution in [3.05, 3.63) is 0 Å². The number of aliphatic hydroxyl groups excluding tert-OH is 8. The first-order valence-electron chi connectivity index (χ1n) is 13.3. The molecule has 16 atom stereocenters. The maximum atomic E-state index is 11.1. The molecule has 3 aliphatic rings. The Morgan fingerprint density at radius 2 is 1.27 bits per heavy atom. The molecule has 3 saturated heterocycles. The molecule has 40 heavy (non-hydrogen) atoms.